The minimum Gasteiger partial charge on any atom is -0.353 e. The molecule has 3 unspecified atom stereocenters. The van der Waals surface area contributed by atoms with Crippen LogP contribution in [0.1, 0.15) is 32.1 Å². The molecular formula is C14H15FN2O. The van der Waals surface area contributed by atoms with E-state index in [2.05, 4.69) is 12.1 Å². The number of ether oxygens (including phenoxy) is 1. The molecule has 4 heteroatoms. The molecule has 1 aliphatic heterocycles. The second-order valence-corrected chi connectivity index (χ2v) is 6.62. The molecule has 94 valence electrons. The van der Waals surface area contributed by atoms with Crippen LogP contribution >= 0.6 is 0 Å². The van der Waals surface area contributed by atoms with Crippen LogP contribution in [0.4, 0.5) is 4.39 Å². The molecule has 0 N–H and O–H groups in total. The third kappa shape index (κ3) is 1.02. The van der Waals surface area contributed by atoms with E-state index < -0.39 is 17.4 Å². The molecule has 0 aromatic heterocycles. The summed E-state index contributed by atoms with van der Waals surface area (Å²) in [5, 5.41) is 18.3. The minimum atomic E-state index is -1.01. The summed E-state index contributed by atoms with van der Waals surface area (Å²) in [6.07, 6.45) is 3.15. The van der Waals surface area contributed by atoms with Crippen LogP contribution in [-0.2, 0) is 4.74 Å². The van der Waals surface area contributed by atoms with E-state index in [4.69, 9.17) is 10.00 Å². The van der Waals surface area contributed by atoms with Gasteiger partial charge in [0.05, 0.1) is 17.7 Å². The molecule has 7 atom stereocenters. The van der Waals surface area contributed by atoms with E-state index in [9.17, 15) is 9.65 Å². The monoisotopic (exact) mass is 246 g/mol. The topological polar surface area (TPSA) is 56.8 Å². The summed E-state index contributed by atoms with van der Waals surface area (Å²) in [6.45, 7) is 0. The Morgan fingerprint density at radius 2 is 1.72 bits per heavy atom. The van der Waals surface area contributed by atoms with Crippen LogP contribution in [0.3, 0.4) is 0 Å². The number of rotatable bonds is 0. The van der Waals surface area contributed by atoms with Crippen LogP contribution in [-0.4, -0.2) is 17.4 Å². The van der Waals surface area contributed by atoms with E-state index >= 15 is 0 Å². The molecule has 1 saturated heterocycles. The lowest BCUT2D eigenvalue weighted by molar-refractivity contribution is -0.327. The zero-order valence-electron chi connectivity index (χ0n) is 10.1. The van der Waals surface area contributed by atoms with Gasteiger partial charge in [0, 0.05) is 0 Å². The van der Waals surface area contributed by atoms with Crippen molar-refractivity contribution in [1.29, 1.82) is 10.5 Å². The van der Waals surface area contributed by atoms with Crippen LogP contribution in [0.2, 0.25) is 0 Å². The van der Waals surface area contributed by atoms with Crippen LogP contribution in [0.5, 0.6) is 0 Å². The number of hydrogen-bond acceptors (Lipinski definition) is 3. The van der Waals surface area contributed by atoms with Gasteiger partial charge in [0.1, 0.15) is 11.6 Å². The molecule has 1 spiro atoms. The second kappa shape index (κ2) is 3.06. The van der Waals surface area contributed by atoms with Crippen molar-refractivity contribution in [2.75, 3.05) is 0 Å². The molecule has 0 aromatic carbocycles. The van der Waals surface area contributed by atoms with Crippen molar-refractivity contribution in [2.24, 2.45) is 23.7 Å². The van der Waals surface area contributed by atoms with Crippen molar-refractivity contribution in [2.45, 2.75) is 49.5 Å². The summed E-state index contributed by atoms with van der Waals surface area (Å²) in [5.41, 5.74) is -1.50. The normalized spacial score (nSPS) is 60.1. The highest BCUT2D eigenvalue weighted by Gasteiger charge is 2.72. The number of halogens is 1. The molecule has 5 aliphatic rings. The van der Waals surface area contributed by atoms with E-state index in [-0.39, 0.29) is 17.8 Å². The van der Waals surface area contributed by atoms with Gasteiger partial charge in [-0.2, -0.15) is 10.5 Å². The first-order chi connectivity index (χ1) is 8.61. The zero-order chi connectivity index (χ0) is 12.5. The predicted octanol–water partition coefficient (Wildman–Crippen LogP) is 2.34. The van der Waals surface area contributed by atoms with E-state index in [0.717, 1.165) is 12.8 Å². The van der Waals surface area contributed by atoms with Crippen molar-refractivity contribution in [3.8, 4) is 12.1 Å². The second-order valence-electron chi connectivity index (χ2n) is 6.62. The highest BCUT2D eigenvalue weighted by molar-refractivity contribution is 5.26. The molecule has 18 heavy (non-hydrogen) atoms. The summed E-state index contributed by atoms with van der Waals surface area (Å²) in [4.78, 5) is 0. The molecule has 5 rings (SSSR count). The summed E-state index contributed by atoms with van der Waals surface area (Å²) >= 11 is 0. The summed E-state index contributed by atoms with van der Waals surface area (Å²) < 4.78 is 20.4. The van der Waals surface area contributed by atoms with E-state index in [1.54, 1.807) is 0 Å². The number of nitrogens with zero attached hydrogens (tertiary/aromatic N) is 2. The van der Waals surface area contributed by atoms with E-state index in [0.29, 0.717) is 25.2 Å². The van der Waals surface area contributed by atoms with E-state index in [1.807, 2.05) is 0 Å². The Hall–Kier alpha value is -1.13. The maximum atomic E-state index is 14.6. The van der Waals surface area contributed by atoms with Gasteiger partial charge in [-0.25, -0.2) is 4.39 Å². The Balaban J connectivity index is 1.73. The predicted molar refractivity (Wildman–Crippen MR) is 59.7 cm³/mol. The summed E-state index contributed by atoms with van der Waals surface area (Å²) in [5.74, 6) is 0.439. The van der Waals surface area contributed by atoms with Gasteiger partial charge in [-0.15, -0.1) is 0 Å². The van der Waals surface area contributed by atoms with Gasteiger partial charge in [-0.05, 0) is 49.9 Å². The fourth-order valence-electron chi connectivity index (χ4n) is 5.40. The van der Waals surface area contributed by atoms with Gasteiger partial charge in [-0.3, -0.25) is 0 Å². The van der Waals surface area contributed by atoms with Gasteiger partial charge < -0.3 is 4.74 Å². The first-order valence-corrected chi connectivity index (χ1v) is 6.77. The van der Waals surface area contributed by atoms with Crippen molar-refractivity contribution < 1.29 is 9.13 Å². The smallest absolute Gasteiger partial charge is 0.163 e. The molecule has 4 saturated carbocycles. The van der Waals surface area contributed by atoms with Gasteiger partial charge in [-0.1, -0.05) is 0 Å². The summed E-state index contributed by atoms with van der Waals surface area (Å²) in [7, 11) is 0. The van der Waals surface area contributed by atoms with Crippen LogP contribution in [0, 0.1) is 46.3 Å². The lowest BCUT2D eigenvalue weighted by Gasteiger charge is -2.68. The van der Waals surface area contributed by atoms with Crippen molar-refractivity contribution >= 4 is 0 Å². The van der Waals surface area contributed by atoms with Crippen molar-refractivity contribution in [1.82, 2.24) is 0 Å². The molecule has 1 heterocycles. The highest BCUT2D eigenvalue weighted by atomic mass is 19.1. The SMILES string of the molecule is N#C[C@H]1OC2([C@@H]3CC4C[C@H]2CC(F)(C4)C3)[C@H]1C#N. The first-order valence-electron chi connectivity index (χ1n) is 6.77. The van der Waals surface area contributed by atoms with E-state index in [1.165, 1.54) is 0 Å². The van der Waals surface area contributed by atoms with Gasteiger partial charge in [0.25, 0.3) is 0 Å². The molecule has 4 aliphatic carbocycles. The minimum absolute atomic E-state index is 0.156. The Kier molecular flexibility index (Phi) is 1.83. The van der Waals surface area contributed by atoms with Crippen molar-refractivity contribution in [3.05, 3.63) is 0 Å². The van der Waals surface area contributed by atoms with Gasteiger partial charge >= 0.3 is 0 Å². The Morgan fingerprint density at radius 1 is 1.06 bits per heavy atom. The largest absolute Gasteiger partial charge is 0.353 e. The summed E-state index contributed by atoms with van der Waals surface area (Å²) in [6, 6.07) is 4.32. The fraction of sp³-hybridized carbons (Fsp3) is 0.857. The van der Waals surface area contributed by atoms with Crippen LogP contribution < -0.4 is 0 Å². The van der Waals surface area contributed by atoms with Gasteiger partial charge in [0.2, 0.25) is 0 Å². The Bertz CT molecular complexity index is 475. The Morgan fingerprint density at radius 3 is 2.22 bits per heavy atom. The standard InChI is InChI=1S/C14H15FN2O/c15-13-3-8-1-9(4-13)14(10(2-8)5-13)11(6-16)12(7-17)18-14/h8-12H,1-5H2/t8?,9-,10+,11-,12+,13?,14?/m0/s1. The number of nitriles is 2. The number of hydrogen-bond donors (Lipinski definition) is 0. The van der Waals surface area contributed by atoms with Crippen LogP contribution in [0.15, 0.2) is 0 Å². The quantitative estimate of drug-likeness (QED) is 0.659. The van der Waals surface area contributed by atoms with Crippen molar-refractivity contribution in [3.63, 3.8) is 0 Å². The van der Waals surface area contributed by atoms with Crippen LogP contribution in [0.25, 0.3) is 0 Å². The first kappa shape index (κ1) is 10.8. The third-order valence-corrected chi connectivity index (χ3v) is 5.78. The zero-order valence-corrected chi connectivity index (χ0v) is 10.1. The van der Waals surface area contributed by atoms with Gasteiger partial charge in [0.15, 0.2) is 6.10 Å². The lowest BCUT2D eigenvalue weighted by Crippen LogP contribution is -2.74. The molecule has 3 nitrogen and oxygen atoms in total. The third-order valence-electron chi connectivity index (χ3n) is 5.78. The maximum absolute atomic E-state index is 14.6. The molecule has 5 fully saturated rings. The molecule has 0 radical (unpaired) electrons. The molecular weight excluding hydrogens is 231 g/mol. The Labute approximate surface area is 106 Å². The molecule has 0 amide bonds. The number of alkyl halides is 1. The average Bonchev–Trinajstić information content (AvgIpc) is 2.25. The average molecular weight is 246 g/mol. The fourth-order valence-corrected chi connectivity index (χ4v) is 5.40. The molecule has 4 bridgehead atoms. The highest BCUT2D eigenvalue weighted by Crippen LogP contribution is 2.67. The molecule has 0 aromatic rings. The maximum Gasteiger partial charge on any atom is 0.163 e. The lowest BCUT2D eigenvalue weighted by atomic mass is 9.44.